The molecule has 1 heterocycles. The number of benzene rings is 2. The number of aliphatic hydroxyl groups excluding tert-OH is 1. The average Bonchev–Trinajstić information content (AvgIpc) is 3.12. The van der Waals surface area contributed by atoms with E-state index in [1.54, 1.807) is 0 Å². The van der Waals surface area contributed by atoms with E-state index in [1.807, 2.05) is 0 Å². The molecule has 2 aromatic rings. The molecule has 1 aliphatic heterocycles. The number of halogens is 6. The first-order valence-electron chi connectivity index (χ1n) is 12.4. The van der Waals surface area contributed by atoms with Crippen LogP contribution in [0.1, 0.15) is 42.0 Å². The molecule has 2 aromatic carbocycles. The van der Waals surface area contributed by atoms with Gasteiger partial charge in [0.05, 0.1) is 12.1 Å². The maximum Gasteiger partial charge on any atom is 0.490 e. The monoisotopic (exact) mass is 578 g/mol. The van der Waals surface area contributed by atoms with E-state index in [0.29, 0.717) is 0 Å². The van der Waals surface area contributed by atoms with E-state index >= 15 is 0 Å². The Bertz CT molecular complexity index is 1080. The molecule has 2 atom stereocenters. The van der Waals surface area contributed by atoms with Crippen molar-refractivity contribution in [3.63, 3.8) is 0 Å². The van der Waals surface area contributed by atoms with Crippen molar-refractivity contribution in [3.8, 4) is 0 Å². The first-order chi connectivity index (χ1) is 18.6. The fourth-order valence-electron chi connectivity index (χ4n) is 5.07. The number of aliphatic carboxylic acids is 2. The first kappa shape index (κ1) is 33.0. The lowest BCUT2D eigenvalue weighted by molar-refractivity contribution is -0.193. The summed E-state index contributed by atoms with van der Waals surface area (Å²) < 4.78 is 63.5. The van der Waals surface area contributed by atoms with Gasteiger partial charge in [-0.3, -0.25) is 4.90 Å². The standard InChI is InChI=1S/C23H30N2O.2C2HF3O2/c1-25(17-7-10-18-8-3-2-4-9-18)21-19-11-5-6-12-20(19)23(22(21)26)13-15-24-16-14-23;2*3-2(4,5)1(6)7/h2-6,8-9,11-12,21-22,24,26H,7,10,13-17H2,1H3;2*(H,6,7)/t21-,22+;;/m1../s1. The molecule has 222 valence electrons. The number of likely N-dealkylation sites (N-methyl/N-ethyl adjacent to an activating group) is 1. The Balaban J connectivity index is 0.000000333. The molecule has 0 bridgehead atoms. The van der Waals surface area contributed by atoms with Crippen LogP contribution in [0.2, 0.25) is 0 Å². The van der Waals surface area contributed by atoms with E-state index in [1.165, 1.54) is 16.7 Å². The molecule has 0 saturated carbocycles. The zero-order valence-electron chi connectivity index (χ0n) is 21.7. The van der Waals surface area contributed by atoms with Crippen molar-refractivity contribution < 1.29 is 51.3 Å². The fraction of sp³-hybridized carbons (Fsp3) is 0.481. The van der Waals surface area contributed by atoms with E-state index in [0.717, 1.165) is 45.3 Å². The van der Waals surface area contributed by atoms with Gasteiger partial charge in [-0.2, -0.15) is 26.3 Å². The Morgan fingerprint density at radius 2 is 1.38 bits per heavy atom. The Hall–Kier alpha value is -3.16. The summed E-state index contributed by atoms with van der Waals surface area (Å²) in [5.41, 5.74) is 4.04. The summed E-state index contributed by atoms with van der Waals surface area (Å²) in [4.78, 5) is 20.2. The Morgan fingerprint density at radius 1 is 0.900 bits per heavy atom. The van der Waals surface area contributed by atoms with Crippen LogP contribution in [0.3, 0.4) is 0 Å². The van der Waals surface area contributed by atoms with Crippen molar-refractivity contribution in [3.05, 3.63) is 71.3 Å². The smallest absolute Gasteiger partial charge is 0.475 e. The van der Waals surface area contributed by atoms with Crippen LogP contribution < -0.4 is 5.32 Å². The number of carboxylic acid groups (broad SMARTS) is 2. The molecule has 7 nitrogen and oxygen atoms in total. The molecular formula is C27H32F6N2O5. The first-order valence-corrected chi connectivity index (χ1v) is 12.4. The summed E-state index contributed by atoms with van der Waals surface area (Å²) >= 11 is 0. The number of nitrogens with zero attached hydrogens (tertiary/aromatic N) is 1. The second-order valence-corrected chi connectivity index (χ2v) is 9.56. The molecule has 1 spiro atoms. The van der Waals surface area contributed by atoms with Gasteiger partial charge < -0.3 is 20.6 Å². The third-order valence-corrected chi connectivity index (χ3v) is 6.96. The molecule has 13 heteroatoms. The quantitative estimate of drug-likeness (QED) is 0.386. The van der Waals surface area contributed by atoms with E-state index < -0.39 is 24.3 Å². The van der Waals surface area contributed by atoms with Gasteiger partial charge in [0.1, 0.15) is 0 Å². The average molecular weight is 579 g/mol. The summed E-state index contributed by atoms with van der Waals surface area (Å²) in [5.74, 6) is -5.51. The van der Waals surface area contributed by atoms with Crippen LogP contribution in [-0.4, -0.2) is 77.3 Å². The maximum atomic E-state index is 11.4. The number of piperidine rings is 1. The van der Waals surface area contributed by atoms with Crippen LogP contribution in [0.5, 0.6) is 0 Å². The molecule has 1 aliphatic carbocycles. The third kappa shape index (κ3) is 8.67. The number of fused-ring (bicyclic) bond motifs is 2. The summed E-state index contributed by atoms with van der Waals surface area (Å²) in [6.45, 7) is 2.99. The molecule has 4 rings (SSSR count). The van der Waals surface area contributed by atoms with Crippen LogP contribution in [0.15, 0.2) is 54.6 Å². The molecule has 0 amide bonds. The largest absolute Gasteiger partial charge is 0.490 e. The molecule has 2 aliphatic rings. The SMILES string of the molecule is CN(CCCc1ccccc1)[C@@H]1c2ccccc2C2(CCNCC2)[C@H]1O.O=C(O)C(F)(F)F.O=C(O)C(F)(F)F. The lowest BCUT2D eigenvalue weighted by atomic mass is 9.72. The predicted octanol–water partition coefficient (Wildman–Crippen LogP) is 4.55. The minimum absolute atomic E-state index is 0.0692. The summed E-state index contributed by atoms with van der Waals surface area (Å²) in [7, 11) is 2.18. The minimum Gasteiger partial charge on any atom is -0.475 e. The zero-order valence-corrected chi connectivity index (χ0v) is 21.7. The van der Waals surface area contributed by atoms with Crippen LogP contribution >= 0.6 is 0 Å². The van der Waals surface area contributed by atoms with Gasteiger partial charge in [0.15, 0.2) is 0 Å². The molecule has 40 heavy (non-hydrogen) atoms. The van der Waals surface area contributed by atoms with E-state index in [-0.39, 0.29) is 17.6 Å². The van der Waals surface area contributed by atoms with E-state index in [2.05, 4.69) is 71.9 Å². The number of nitrogens with one attached hydrogen (secondary N) is 1. The molecule has 4 N–H and O–H groups in total. The van der Waals surface area contributed by atoms with Gasteiger partial charge in [0, 0.05) is 5.41 Å². The van der Waals surface area contributed by atoms with Crippen LogP contribution in [0.25, 0.3) is 0 Å². The lowest BCUT2D eigenvalue weighted by Gasteiger charge is -2.40. The highest BCUT2D eigenvalue weighted by Crippen LogP contribution is 2.51. The normalized spacial score (nSPS) is 19.6. The summed E-state index contributed by atoms with van der Waals surface area (Å²) in [6, 6.07) is 19.5. The van der Waals surface area contributed by atoms with Crippen molar-refractivity contribution in [2.75, 3.05) is 26.7 Å². The van der Waals surface area contributed by atoms with E-state index in [9.17, 15) is 31.4 Å². The summed E-state index contributed by atoms with van der Waals surface area (Å²) in [6.07, 6.45) is -6.23. The zero-order chi connectivity index (χ0) is 30.1. The highest BCUT2D eigenvalue weighted by Gasteiger charge is 2.52. The number of alkyl halides is 6. The molecule has 1 saturated heterocycles. The number of hydrogen-bond donors (Lipinski definition) is 4. The van der Waals surface area contributed by atoms with Gasteiger partial charge in [-0.15, -0.1) is 0 Å². The second-order valence-electron chi connectivity index (χ2n) is 9.56. The topological polar surface area (TPSA) is 110 Å². The Kier molecular flexibility index (Phi) is 11.5. The predicted molar refractivity (Wildman–Crippen MR) is 134 cm³/mol. The number of hydrogen-bond acceptors (Lipinski definition) is 5. The Labute approximate surface area is 227 Å². The second kappa shape index (κ2) is 14.0. The van der Waals surface area contributed by atoms with Crippen LogP contribution in [0, 0.1) is 0 Å². The van der Waals surface area contributed by atoms with Gasteiger partial charge in [-0.05, 0) is 69.1 Å². The number of aliphatic hydroxyl groups is 1. The van der Waals surface area contributed by atoms with Crippen molar-refractivity contribution >= 4 is 11.9 Å². The summed E-state index contributed by atoms with van der Waals surface area (Å²) in [5, 5.41) is 29.1. The van der Waals surface area contributed by atoms with Crippen molar-refractivity contribution in [2.24, 2.45) is 0 Å². The van der Waals surface area contributed by atoms with Crippen LogP contribution in [-0.2, 0) is 21.4 Å². The van der Waals surface area contributed by atoms with Gasteiger partial charge >= 0.3 is 24.3 Å². The fourth-order valence-corrected chi connectivity index (χ4v) is 5.07. The van der Waals surface area contributed by atoms with Gasteiger partial charge in [0.2, 0.25) is 0 Å². The molecule has 0 radical (unpaired) electrons. The lowest BCUT2D eigenvalue weighted by Crippen LogP contribution is -2.48. The minimum atomic E-state index is -5.08. The van der Waals surface area contributed by atoms with Gasteiger partial charge in [-0.25, -0.2) is 9.59 Å². The van der Waals surface area contributed by atoms with E-state index in [4.69, 9.17) is 19.8 Å². The van der Waals surface area contributed by atoms with Crippen molar-refractivity contribution in [2.45, 2.75) is 55.6 Å². The Morgan fingerprint density at radius 3 is 1.88 bits per heavy atom. The number of carboxylic acids is 2. The molecule has 1 fully saturated rings. The van der Waals surface area contributed by atoms with Crippen molar-refractivity contribution in [1.82, 2.24) is 10.2 Å². The maximum absolute atomic E-state index is 11.4. The number of carbonyl (C=O) groups is 2. The van der Waals surface area contributed by atoms with Crippen LogP contribution in [0.4, 0.5) is 26.3 Å². The third-order valence-electron chi connectivity index (χ3n) is 6.96. The van der Waals surface area contributed by atoms with Gasteiger partial charge in [-0.1, -0.05) is 54.6 Å². The molecule has 0 aromatic heterocycles. The highest BCUT2D eigenvalue weighted by atomic mass is 19.4. The highest BCUT2D eigenvalue weighted by molar-refractivity contribution is 5.73. The number of rotatable bonds is 5. The van der Waals surface area contributed by atoms with Gasteiger partial charge in [0.25, 0.3) is 0 Å². The molecule has 0 unspecified atom stereocenters. The number of aryl methyl sites for hydroxylation is 1. The van der Waals surface area contributed by atoms with Crippen molar-refractivity contribution in [1.29, 1.82) is 0 Å². The molecular weight excluding hydrogens is 546 g/mol.